The van der Waals surface area contributed by atoms with E-state index in [2.05, 4.69) is 4.98 Å². The Balaban J connectivity index is 2.88. The molecule has 1 heterocycles. The Labute approximate surface area is 76.2 Å². The van der Waals surface area contributed by atoms with Gasteiger partial charge >= 0.3 is 0 Å². The van der Waals surface area contributed by atoms with Gasteiger partial charge in [0.25, 0.3) is 0 Å². The molecular weight excluding hydrogens is 176 g/mol. The molecule has 0 saturated heterocycles. The molecule has 0 bridgehead atoms. The van der Waals surface area contributed by atoms with E-state index in [9.17, 15) is 0 Å². The first-order chi connectivity index (χ1) is 5.61. The van der Waals surface area contributed by atoms with Crippen LogP contribution in [0.3, 0.4) is 0 Å². The van der Waals surface area contributed by atoms with Gasteiger partial charge in [0.05, 0.1) is 17.8 Å². The van der Waals surface area contributed by atoms with Gasteiger partial charge in [-0.1, -0.05) is 11.6 Å². The molecule has 2 unspecified atom stereocenters. The van der Waals surface area contributed by atoms with Crippen LogP contribution in [0.25, 0.3) is 0 Å². The summed E-state index contributed by atoms with van der Waals surface area (Å²) in [6.07, 6.45) is 0.955. The van der Waals surface area contributed by atoms with Crippen molar-refractivity contribution in [1.29, 1.82) is 0 Å². The lowest BCUT2D eigenvalue weighted by atomic mass is 10.1. The molecule has 0 fully saturated rings. The maximum atomic E-state index is 9.16. The predicted octanol–water partition coefficient (Wildman–Crippen LogP) is 1.12. The molecule has 3 nitrogen and oxygen atoms in total. The molecule has 2 atom stereocenters. The van der Waals surface area contributed by atoms with E-state index >= 15 is 0 Å². The minimum absolute atomic E-state index is 0.469. The first-order valence-electron chi connectivity index (χ1n) is 3.66. The molecular formula is C8H11ClN2O. The van der Waals surface area contributed by atoms with Crippen LogP contribution in [-0.4, -0.2) is 16.2 Å². The third-order valence-electron chi connectivity index (χ3n) is 1.60. The van der Waals surface area contributed by atoms with Gasteiger partial charge in [-0.3, -0.25) is 4.98 Å². The molecule has 66 valence electrons. The van der Waals surface area contributed by atoms with Gasteiger partial charge in [0, 0.05) is 11.2 Å². The first kappa shape index (κ1) is 9.45. The van der Waals surface area contributed by atoms with Crippen molar-refractivity contribution < 1.29 is 5.11 Å². The van der Waals surface area contributed by atoms with Gasteiger partial charge in [0.15, 0.2) is 0 Å². The highest BCUT2D eigenvalue weighted by Crippen LogP contribution is 2.15. The maximum Gasteiger partial charge on any atom is 0.0731 e. The Hall–Kier alpha value is -0.640. The Bertz CT molecular complexity index is 265. The van der Waals surface area contributed by atoms with Crippen LogP contribution in [0.5, 0.6) is 0 Å². The summed E-state index contributed by atoms with van der Waals surface area (Å²) in [5.41, 5.74) is 6.24. The summed E-state index contributed by atoms with van der Waals surface area (Å²) >= 11 is 5.72. The molecule has 0 radical (unpaired) electrons. The van der Waals surface area contributed by atoms with Crippen LogP contribution < -0.4 is 5.73 Å². The number of pyridine rings is 1. The predicted molar refractivity (Wildman–Crippen MR) is 47.9 cm³/mol. The van der Waals surface area contributed by atoms with Gasteiger partial charge in [-0.2, -0.15) is 0 Å². The number of hydrogen-bond donors (Lipinski definition) is 2. The van der Waals surface area contributed by atoms with Crippen LogP contribution in [0.1, 0.15) is 18.7 Å². The van der Waals surface area contributed by atoms with E-state index < -0.39 is 12.1 Å². The SMILES string of the molecule is CC(O)C(N)c1cc(Cl)ccn1. The summed E-state index contributed by atoms with van der Waals surface area (Å²) < 4.78 is 0. The van der Waals surface area contributed by atoms with Gasteiger partial charge in [-0.05, 0) is 19.1 Å². The lowest BCUT2D eigenvalue weighted by Crippen LogP contribution is -2.24. The summed E-state index contributed by atoms with van der Waals surface area (Å²) in [4.78, 5) is 3.99. The second-order valence-corrected chi connectivity index (χ2v) is 3.10. The smallest absolute Gasteiger partial charge is 0.0731 e. The van der Waals surface area contributed by atoms with E-state index in [4.69, 9.17) is 22.4 Å². The number of nitrogens with two attached hydrogens (primary N) is 1. The summed E-state index contributed by atoms with van der Waals surface area (Å²) in [5.74, 6) is 0. The molecule has 0 aliphatic heterocycles. The first-order valence-corrected chi connectivity index (χ1v) is 4.04. The van der Waals surface area contributed by atoms with Gasteiger partial charge in [0.1, 0.15) is 0 Å². The highest BCUT2D eigenvalue weighted by molar-refractivity contribution is 6.30. The molecule has 3 N–H and O–H groups in total. The number of hydrogen-bond acceptors (Lipinski definition) is 3. The molecule has 0 aromatic carbocycles. The van der Waals surface area contributed by atoms with E-state index in [0.29, 0.717) is 10.7 Å². The molecule has 1 aromatic heterocycles. The van der Waals surface area contributed by atoms with Crippen molar-refractivity contribution in [3.8, 4) is 0 Å². The lowest BCUT2D eigenvalue weighted by molar-refractivity contribution is 0.162. The van der Waals surface area contributed by atoms with Crippen molar-refractivity contribution in [2.24, 2.45) is 5.73 Å². The Kier molecular flexibility index (Phi) is 3.03. The molecule has 1 aromatic rings. The normalized spacial score (nSPS) is 15.7. The molecule has 1 rings (SSSR count). The molecule has 0 amide bonds. The summed E-state index contributed by atoms with van der Waals surface area (Å²) in [7, 11) is 0. The minimum atomic E-state index is -0.615. The third-order valence-corrected chi connectivity index (χ3v) is 1.84. The number of aromatic nitrogens is 1. The van der Waals surface area contributed by atoms with Crippen molar-refractivity contribution in [3.63, 3.8) is 0 Å². The van der Waals surface area contributed by atoms with Crippen molar-refractivity contribution in [1.82, 2.24) is 4.98 Å². The van der Waals surface area contributed by atoms with Crippen molar-refractivity contribution >= 4 is 11.6 Å². The fraction of sp³-hybridized carbons (Fsp3) is 0.375. The number of rotatable bonds is 2. The third kappa shape index (κ3) is 2.17. The topological polar surface area (TPSA) is 59.1 Å². The zero-order chi connectivity index (χ0) is 9.14. The number of aliphatic hydroxyl groups excluding tert-OH is 1. The molecule has 0 aliphatic carbocycles. The second-order valence-electron chi connectivity index (χ2n) is 2.67. The number of halogens is 1. The highest BCUT2D eigenvalue weighted by atomic mass is 35.5. The van der Waals surface area contributed by atoms with E-state index in [1.165, 1.54) is 0 Å². The Morgan fingerprint density at radius 1 is 1.67 bits per heavy atom. The van der Waals surface area contributed by atoms with E-state index in [-0.39, 0.29) is 0 Å². The summed E-state index contributed by atoms with van der Waals surface area (Å²) in [6, 6.07) is 2.85. The van der Waals surface area contributed by atoms with E-state index in [1.54, 1.807) is 25.3 Å². The van der Waals surface area contributed by atoms with Gasteiger partial charge in [-0.25, -0.2) is 0 Å². The fourth-order valence-corrected chi connectivity index (χ4v) is 1.02. The zero-order valence-corrected chi connectivity index (χ0v) is 7.49. The molecule has 0 saturated carbocycles. The summed E-state index contributed by atoms with van der Waals surface area (Å²) in [5, 5.41) is 9.74. The van der Waals surface area contributed by atoms with Crippen LogP contribution in [-0.2, 0) is 0 Å². The number of nitrogens with zero attached hydrogens (tertiary/aromatic N) is 1. The fourth-order valence-electron chi connectivity index (χ4n) is 0.851. The largest absolute Gasteiger partial charge is 0.391 e. The van der Waals surface area contributed by atoms with Crippen LogP contribution in [0.2, 0.25) is 5.02 Å². The lowest BCUT2D eigenvalue weighted by Gasteiger charge is -2.13. The van der Waals surface area contributed by atoms with Crippen molar-refractivity contribution in [3.05, 3.63) is 29.0 Å². The second kappa shape index (κ2) is 3.85. The van der Waals surface area contributed by atoms with Crippen molar-refractivity contribution in [2.45, 2.75) is 19.1 Å². The Morgan fingerprint density at radius 3 is 2.83 bits per heavy atom. The quantitative estimate of drug-likeness (QED) is 0.728. The average molecular weight is 187 g/mol. The molecule has 0 aliphatic rings. The van der Waals surface area contributed by atoms with Gasteiger partial charge in [0.2, 0.25) is 0 Å². The highest BCUT2D eigenvalue weighted by Gasteiger charge is 2.12. The standard InChI is InChI=1S/C8H11ClN2O/c1-5(12)8(10)7-4-6(9)2-3-11-7/h2-5,8,12H,10H2,1H3. The average Bonchev–Trinajstić information content (AvgIpc) is 2.03. The monoisotopic (exact) mass is 186 g/mol. The van der Waals surface area contributed by atoms with Gasteiger partial charge < -0.3 is 10.8 Å². The molecule has 0 spiro atoms. The molecule has 4 heteroatoms. The Morgan fingerprint density at radius 2 is 2.33 bits per heavy atom. The summed E-state index contributed by atoms with van der Waals surface area (Å²) in [6.45, 7) is 1.62. The minimum Gasteiger partial charge on any atom is -0.391 e. The molecule has 12 heavy (non-hydrogen) atoms. The van der Waals surface area contributed by atoms with Crippen LogP contribution >= 0.6 is 11.6 Å². The van der Waals surface area contributed by atoms with Crippen LogP contribution in [0.15, 0.2) is 18.3 Å². The van der Waals surface area contributed by atoms with E-state index in [0.717, 1.165) is 0 Å². The van der Waals surface area contributed by atoms with Crippen LogP contribution in [0.4, 0.5) is 0 Å². The maximum absolute atomic E-state index is 9.16. The van der Waals surface area contributed by atoms with E-state index in [1.807, 2.05) is 0 Å². The van der Waals surface area contributed by atoms with Crippen LogP contribution in [0, 0.1) is 0 Å². The zero-order valence-electron chi connectivity index (χ0n) is 6.74. The van der Waals surface area contributed by atoms with Crippen molar-refractivity contribution in [2.75, 3.05) is 0 Å². The number of aliphatic hydroxyl groups is 1. The van der Waals surface area contributed by atoms with Gasteiger partial charge in [-0.15, -0.1) is 0 Å².